The summed E-state index contributed by atoms with van der Waals surface area (Å²) in [6.45, 7) is 0. The Morgan fingerprint density at radius 2 is 2.27 bits per heavy atom. The van der Waals surface area contributed by atoms with Gasteiger partial charge in [0.15, 0.2) is 0 Å². The van der Waals surface area contributed by atoms with Gasteiger partial charge in [-0.05, 0) is 12.1 Å². The normalized spacial score (nSPS) is 14.4. The van der Waals surface area contributed by atoms with Crippen LogP contribution in [0.2, 0.25) is 0 Å². The number of nitrogens with two attached hydrogens (primary N) is 1. The maximum atomic E-state index is 10.8. The Labute approximate surface area is 63.8 Å². The molecule has 11 heavy (non-hydrogen) atoms. The summed E-state index contributed by atoms with van der Waals surface area (Å²) in [5, 5.41) is 0. The number of carbonyl (C=O) groups is 1. The summed E-state index contributed by atoms with van der Waals surface area (Å²) in [5.41, 5.74) is 7.05. The molecule has 1 aromatic rings. The zero-order valence-electron chi connectivity index (χ0n) is 5.83. The van der Waals surface area contributed by atoms with E-state index in [0.29, 0.717) is 17.9 Å². The smallest absolute Gasteiger partial charge is 0.315 e. The molecular formula is C8H7NO2. The van der Waals surface area contributed by atoms with E-state index in [1.807, 2.05) is 0 Å². The molecule has 0 saturated heterocycles. The topological polar surface area (TPSA) is 52.3 Å². The van der Waals surface area contributed by atoms with E-state index in [-0.39, 0.29) is 5.97 Å². The number of nitrogen functional groups attached to an aromatic ring is 1. The lowest BCUT2D eigenvalue weighted by molar-refractivity contribution is -0.131. The van der Waals surface area contributed by atoms with Crippen molar-refractivity contribution in [2.24, 2.45) is 0 Å². The van der Waals surface area contributed by atoms with Gasteiger partial charge in [0.1, 0.15) is 5.75 Å². The van der Waals surface area contributed by atoms with Crippen molar-refractivity contribution in [2.45, 2.75) is 6.42 Å². The van der Waals surface area contributed by atoms with Gasteiger partial charge in [-0.25, -0.2) is 0 Å². The van der Waals surface area contributed by atoms with Crippen molar-refractivity contribution in [3.05, 3.63) is 23.8 Å². The first-order valence-electron chi connectivity index (χ1n) is 3.35. The van der Waals surface area contributed by atoms with E-state index >= 15 is 0 Å². The predicted molar refractivity (Wildman–Crippen MR) is 40.2 cm³/mol. The SMILES string of the molecule is Nc1cccc2c1CC(=O)O2. The van der Waals surface area contributed by atoms with Crippen LogP contribution in [0.25, 0.3) is 0 Å². The Hall–Kier alpha value is -1.51. The largest absolute Gasteiger partial charge is 0.426 e. The highest BCUT2D eigenvalue weighted by molar-refractivity contribution is 5.83. The van der Waals surface area contributed by atoms with Crippen molar-refractivity contribution in [2.75, 3.05) is 5.73 Å². The fourth-order valence-electron chi connectivity index (χ4n) is 1.17. The third-order valence-electron chi connectivity index (χ3n) is 1.71. The van der Waals surface area contributed by atoms with Gasteiger partial charge in [-0.2, -0.15) is 0 Å². The molecule has 2 rings (SSSR count). The molecule has 0 amide bonds. The maximum absolute atomic E-state index is 10.8. The lowest BCUT2D eigenvalue weighted by Gasteiger charge is -1.97. The van der Waals surface area contributed by atoms with Gasteiger partial charge in [-0.15, -0.1) is 0 Å². The van der Waals surface area contributed by atoms with E-state index < -0.39 is 0 Å². The van der Waals surface area contributed by atoms with Gasteiger partial charge in [-0.1, -0.05) is 6.07 Å². The Morgan fingerprint density at radius 3 is 3.00 bits per heavy atom. The molecule has 1 aliphatic rings. The third kappa shape index (κ3) is 0.852. The minimum Gasteiger partial charge on any atom is -0.426 e. The Bertz CT molecular complexity index is 320. The Morgan fingerprint density at radius 1 is 1.45 bits per heavy atom. The van der Waals surface area contributed by atoms with Crippen LogP contribution in [-0.2, 0) is 11.2 Å². The second-order valence-electron chi connectivity index (χ2n) is 2.47. The van der Waals surface area contributed by atoms with Crippen molar-refractivity contribution in [3.8, 4) is 5.75 Å². The number of anilines is 1. The summed E-state index contributed by atoms with van der Waals surface area (Å²) in [7, 11) is 0. The minimum atomic E-state index is -0.224. The predicted octanol–water partition coefficient (Wildman–Crippen LogP) is 0.730. The Kier molecular flexibility index (Phi) is 1.12. The first-order valence-corrected chi connectivity index (χ1v) is 3.35. The maximum Gasteiger partial charge on any atom is 0.315 e. The van der Waals surface area contributed by atoms with Crippen LogP contribution < -0.4 is 10.5 Å². The molecule has 1 aromatic carbocycles. The molecule has 56 valence electrons. The van der Waals surface area contributed by atoms with Crippen LogP contribution in [0.3, 0.4) is 0 Å². The number of benzene rings is 1. The van der Waals surface area contributed by atoms with E-state index in [1.165, 1.54) is 0 Å². The fourth-order valence-corrected chi connectivity index (χ4v) is 1.17. The summed E-state index contributed by atoms with van der Waals surface area (Å²) in [6.07, 6.45) is 0.308. The van der Waals surface area contributed by atoms with Crippen molar-refractivity contribution in [1.82, 2.24) is 0 Å². The first-order chi connectivity index (χ1) is 5.27. The van der Waals surface area contributed by atoms with E-state index in [9.17, 15) is 4.79 Å². The number of ether oxygens (including phenoxy) is 1. The van der Waals surface area contributed by atoms with Crippen molar-refractivity contribution < 1.29 is 9.53 Å². The molecular weight excluding hydrogens is 142 g/mol. The third-order valence-corrected chi connectivity index (χ3v) is 1.71. The lowest BCUT2D eigenvalue weighted by atomic mass is 10.1. The van der Waals surface area contributed by atoms with Crippen LogP contribution in [0.5, 0.6) is 5.75 Å². The molecule has 0 unspecified atom stereocenters. The average molecular weight is 149 g/mol. The second-order valence-corrected chi connectivity index (χ2v) is 2.47. The average Bonchev–Trinajstić information content (AvgIpc) is 2.31. The number of esters is 1. The first kappa shape index (κ1) is 6.22. The van der Waals surface area contributed by atoms with Crippen LogP contribution in [0.15, 0.2) is 18.2 Å². The van der Waals surface area contributed by atoms with Gasteiger partial charge in [0.25, 0.3) is 0 Å². The number of hydrogen-bond donors (Lipinski definition) is 1. The van der Waals surface area contributed by atoms with E-state index in [4.69, 9.17) is 10.5 Å². The lowest BCUT2D eigenvalue weighted by Crippen LogP contribution is -2.00. The molecule has 3 nitrogen and oxygen atoms in total. The molecule has 0 radical (unpaired) electrons. The number of fused-ring (bicyclic) bond motifs is 1. The summed E-state index contributed by atoms with van der Waals surface area (Å²) in [6, 6.07) is 5.28. The zero-order chi connectivity index (χ0) is 7.84. The van der Waals surface area contributed by atoms with Crippen molar-refractivity contribution in [1.29, 1.82) is 0 Å². The summed E-state index contributed by atoms with van der Waals surface area (Å²) >= 11 is 0. The summed E-state index contributed by atoms with van der Waals surface area (Å²) < 4.78 is 4.87. The van der Waals surface area contributed by atoms with Crippen LogP contribution in [-0.4, -0.2) is 5.97 Å². The highest BCUT2D eigenvalue weighted by Gasteiger charge is 2.21. The molecule has 0 aromatic heterocycles. The van der Waals surface area contributed by atoms with Crippen molar-refractivity contribution >= 4 is 11.7 Å². The van der Waals surface area contributed by atoms with Crippen LogP contribution in [0.4, 0.5) is 5.69 Å². The highest BCUT2D eigenvalue weighted by atomic mass is 16.5. The molecule has 0 bridgehead atoms. The second kappa shape index (κ2) is 1.99. The molecule has 0 saturated carbocycles. The molecule has 1 aliphatic heterocycles. The van der Waals surface area contributed by atoms with Gasteiger partial charge < -0.3 is 10.5 Å². The fraction of sp³-hybridized carbons (Fsp3) is 0.125. The standard InChI is InChI=1S/C8H7NO2/c9-6-2-1-3-7-5(6)4-8(10)11-7/h1-3H,4,9H2. The summed E-state index contributed by atoms with van der Waals surface area (Å²) in [4.78, 5) is 10.8. The minimum absolute atomic E-state index is 0.224. The molecule has 0 aliphatic carbocycles. The summed E-state index contributed by atoms with van der Waals surface area (Å²) in [5.74, 6) is 0.382. The highest BCUT2D eigenvalue weighted by Crippen LogP contribution is 2.29. The molecule has 0 spiro atoms. The number of carbonyl (C=O) groups excluding carboxylic acids is 1. The Balaban J connectivity index is 2.57. The van der Waals surface area contributed by atoms with E-state index in [0.717, 1.165) is 5.56 Å². The van der Waals surface area contributed by atoms with Gasteiger partial charge in [0, 0.05) is 11.3 Å². The molecule has 2 N–H and O–H groups in total. The van der Waals surface area contributed by atoms with E-state index in [1.54, 1.807) is 18.2 Å². The van der Waals surface area contributed by atoms with Crippen LogP contribution >= 0.6 is 0 Å². The zero-order valence-corrected chi connectivity index (χ0v) is 5.83. The van der Waals surface area contributed by atoms with Crippen molar-refractivity contribution in [3.63, 3.8) is 0 Å². The quantitative estimate of drug-likeness (QED) is 0.336. The van der Waals surface area contributed by atoms with Gasteiger partial charge in [0.05, 0.1) is 6.42 Å². The van der Waals surface area contributed by atoms with Gasteiger partial charge in [0.2, 0.25) is 0 Å². The number of rotatable bonds is 0. The number of hydrogen-bond acceptors (Lipinski definition) is 3. The van der Waals surface area contributed by atoms with Gasteiger partial charge in [-0.3, -0.25) is 4.79 Å². The monoisotopic (exact) mass is 149 g/mol. The van der Waals surface area contributed by atoms with E-state index in [2.05, 4.69) is 0 Å². The van der Waals surface area contributed by atoms with Crippen LogP contribution in [0, 0.1) is 0 Å². The molecule has 3 heteroatoms. The molecule has 0 fully saturated rings. The van der Waals surface area contributed by atoms with Gasteiger partial charge >= 0.3 is 5.97 Å². The molecule has 0 atom stereocenters. The molecule has 1 heterocycles. The van der Waals surface area contributed by atoms with Crippen LogP contribution in [0.1, 0.15) is 5.56 Å².